The molecule has 0 aliphatic heterocycles. The van der Waals surface area contributed by atoms with Crippen LogP contribution < -0.4 is 10.6 Å². The van der Waals surface area contributed by atoms with E-state index in [2.05, 4.69) is 40.7 Å². The molecule has 47 heavy (non-hydrogen) atoms. The van der Waals surface area contributed by atoms with Crippen LogP contribution in [0.5, 0.6) is 0 Å². The molecular weight excluding hydrogens is 593 g/mol. The Morgan fingerprint density at radius 2 is 1.74 bits per heavy atom. The highest BCUT2D eigenvalue weighted by atomic mass is 19.1. The Balaban J connectivity index is 1.18. The van der Waals surface area contributed by atoms with Gasteiger partial charge in [0.25, 0.3) is 0 Å². The summed E-state index contributed by atoms with van der Waals surface area (Å²) in [6.07, 6.45) is 5.30. The topological polar surface area (TPSA) is 128 Å². The number of hydrogen-bond donors (Lipinski definition) is 4. The number of likely N-dealkylation sites (N-methyl/N-ethyl adjacent to an activating group) is 1. The second-order valence-corrected chi connectivity index (χ2v) is 11.6. The van der Waals surface area contributed by atoms with Gasteiger partial charge in [-0.15, -0.1) is 0 Å². The third kappa shape index (κ3) is 6.56. The molecular formula is C36H32FN9O. The molecule has 0 aliphatic carbocycles. The van der Waals surface area contributed by atoms with Crippen LogP contribution in [0.2, 0.25) is 0 Å². The number of anilines is 2. The molecule has 0 radical (unpaired) electrons. The summed E-state index contributed by atoms with van der Waals surface area (Å²) in [6.45, 7) is 1.52. The minimum absolute atomic E-state index is 0.130. The highest BCUT2D eigenvalue weighted by molar-refractivity contribution is 5.98. The Hall–Kier alpha value is -5.94. The van der Waals surface area contributed by atoms with Gasteiger partial charge >= 0.3 is 0 Å². The van der Waals surface area contributed by atoms with Crippen LogP contribution >= 0.6 is 0 Å². The SMILES string of the molecule is CN(C)CCNc1cc(F)cc(-c2cccc3[nH]c(-c4n[nH]c5cnc(-c6cncc(NC(=O)Cc7ccccc7)c6)cc45)nc23)c1. The van der Waals surface area contributed by atoms with E-state index in [4.69, 9.17) is 4.98 Å². The quantitative estimate of drug-likeness (QED) is 0.136. The molecule has 4 N–H and O–H groups in total. The van der Waals surface area contributed by atoms with Crippen molar-refractivity contribution >= 4 is 39.2 Å². The number of benzene rings is 3. The number of hydrogen-bond acceptors (Lipinski definition) is 7. The predicted molar refractivity (Wildman–Crippen MR) is 183 cm³/mol. The number of pyridine rings is 2. The average Bonchev–Trinajstić information content (AvgIpc) is 3.69. The molecule has 0 saturated carbocycles. The van der Waals surface area contributed by atoms with E-state index in [1.807, 2.05) is 80.8 Å². The number of aromatic nitrogens is 6. The van der Waals surface area contributed by atoms with E-state index in [0.29, 0.717) is 40.6 Å². The molecule has 3 aromatic carbocycles. The van der Waals surface area contributed by atoms with Crippen molar-refractivity contribution in [3.8, 4) is 33.9 Å². The Morgan fingerprint density at radius 1 is 0.894 bits per heavy atom. The van der Waals surface area contributed by atoms with Crippen molar-refractivity contribution in [2.45, 2.75) is 6.42 Å². The van der Waals surface area contributed by atoms with E-state index in [0.717, 1.165) is 45.2 Å². The second-order valence-electron chi connectivity index (χ2n) is 11.6. The minimum atomic E-state index is -0.324. The maximum absolute atomic E-state index is 14.7. The first-order chi connectivity index (χ1) is 22.9. The Morgan fingerprint density at radius 3 is 2.60 bits per heavy atom. The van der Waals surface area contributed by atoms with Crippen LogP contribution in [0.1, 0.15) is 5.56 Å². The van der Waals surface area contributed by atoms with Crippen molar-refractivity contribution in [1.82, 2.24) is 35.0 Å². The third-order valence-corrected chi connectivity index (χ3v) is 7.81. The number of halogens is 1. The van der Waals surface area contributed by atoms with Gasteiger partial charge in [-0.2, -0.15) is 5.10 Å². The number of imidazole rings is 1. The Bertz CT molecular complexity index is 2210. The van der Waals surface area contributed by atoms with Gasteiger partial charge in [-0.05, 0) is 61.6 Å². The molecule has 7 rings (SSSR count). The molecule has 0 aliphatic rings. The second kappa shape index (κ2) is 12.8. The first-order valence-corrected chi connectivity index (χ1v) is 15.2. The molecule has 1 amide bonds. The molecule has 4 heterocycles. The first-order valence-electron chi connectivity index (χ1n) is 15.2. The van der Waals surface area contributed by atoms with Gasteiger partial charge in [0.2, 0.25) is 5.91 Å². The number of rotatable bonds is 10. The maximum Gasteiger partial charge on any atom is 0.228 e. The van der Waals surface area contributed by atoms with E-state index in [1.165, 1.54) is 12.1 Å². The van der Waals surface area contributed by atoms with Crippen molar-refractivity contribution in [3.05, 3.63) is 109 Å². The number of carbonyl (C=O) groups is 1. The Kier molecular flexibility index (Phi) is 8.11. The monoisotopic (exact) mass is 625 g/mol. The number of para-hydroxylation sites is 1. The fourth-order valence-electron chi connectivity index (χ4n) is 5.54. The number of H-pyrrole nitrogens is 2. The number of nitrogens with one attached hydrogen (secondary N) is 4. The maximum atomic E-state index is 14.7. The van der Waals surface area contributed by atoms with Gasteiger partial charge in [-0.3, -0.25) is 19.9 Å². The number of fused-ring (bicyclic) bond motifs is 2. The predicted octanol–water partition coefficient (Wildman–Crippen LogP) is 6.52. The van der Waals surface area contributed by atoms with Crippen LogP contribution in [0.3, 0.4) is 0 Å². The molecule has 0 atom stereocenters. The van der Waals surface area contributed by atoms with Gasteiger partial charge in [-0.25, -0.2) is 9.37 Å². The van der Waals surface area contributed by atoms with Crippen LogP contribution in [0, 0.1) is 5.82 Å². The summed E-state index contributed by atoms with van der Waals surface area (Å²) in [5.41, 5.74) is 8.03. The molecule has 0 saturated heterocycles. The number of nitrogens with zero attached hydrogens (tertiary/aromatic N) is 5. The van der Waals surface area contributed by atoms with Gasteiger partial charge in [0.05, 0.1) is 46.7 Å². The van der Waals surface area contributed by atoms with E-state index in [1.54, 1.807) is 18.6 Å². The number of aromatic amines is 2. The fourth-order valence-corrected chi connectivity index (χ4v) is 5.54. The van der Waals surface area contributed by atoms with Crippen molar-refractivity contribution in [2.75, 3.05) is 37.8 Å². The van der Waals surface area contributed by atoms with Crippen LogP contribution in [0.25, 0.3) is 55.8 Å². The van der Waals surface area contributed by atoms with Gasteiger partial charge < -0.3 is 20.5 Å². The van der Waals surface area contributed by atoms with Crippen LogP contribution in [-0.4, -0.2) is 68.1 Å². The highest BCUT2D eigenvalue weighted by Gasteiger charge is 2.17. The summed E-state index contributed by atoms with van der Waals surface area (Å²) < 4.78 is 14.7. The van der Waals surface area contributed by atoms with E-state index < -0.39 is 0 Å². The van der Waals surface area contributed by atoms with Crippen LogP contribution in [-0.2, 0) is 11.2 Å². The summed E-state index contributed by atoms with van der Waals surface area (Å²) in [4.78, 5) is 32.0. The van der Waals surface area contributed by atoms with Crippen LogP contribution in [0.15, 0.2) is 97.5 Å². The minimum Gasteiger partial charge on any atom is -0.384 e. The van der Waals surface area contributed by atoms with Crippen LogP contribution in [0.4, 0.5) is 15.8 Å². The average molecular weight is 626 g/mol. The standard InChI is InChI=1S/C36H32FN9O/c1-46(2)12-11-39-26-15-23(14-25(37)17-26)28-9-6-10-30-34(28)43-36(42-30)35-29-18-31(40-21-32(29)44-45-35)24-16-27(20-38-19-24)41-33(47)13-22-7-4-3-5-8-22/h3-10,14-21,39H,11-13H2,1-2H3,(H,41,47)(H,42,43)(H,44,45). The molecule has 7 aromatic rings. The Labute approximate surface area is 270 Å². The van der Waals surface area contributed by atoms with Gasteiger partial charge in [0.15, 0.2) is 5.82 Å². The lowest BCUT2D eigenvalue weighted by Crippen LogP contribution is -2.20. The van der Waals surface area contributed by atoms with E-state index in [-0.39, 0.29) is 18.1 Å². The van der Waals surface area contributed by atoms with Crippen molar-refractivity contribution in [1.29, 1.82) is 0 Å². The molecule has 10 nitrogen and oxygen atoms in total. The van der Waals surface area contributed by atoms with Crippen molar-refractivity contribution in [2.24, 2.45) is 0 Å². The normalized spacial score (nSPS) is 11.4. The lowest BCUT2D eigenvalue weighted by Gasteiger charge is -2.13. The fraction of sp³-hybridized carbons (Fsp3) is 0.139. The zero-order chi connectivity index (χ0) is 32.3. The molecule has 0 fully saturated rings. The zero-order valence-corrected chi connectivity index (χ0v) is 25.9. The molecule has 234 valence electrons. The molecule has 0 bridgehead atoms. The lowest BCUT2D eigenvalue weighted by molar-refractivity contribution is -0.115. The number of amides is 1. The molecule has 0 spiro atoms. The van der Waals surface area contributed by atoms with Crippen molar-refractivity contribution < 1.29 is 9.18 Å². The smallest absolute Gasteiger partial charge is 0.228 e. The van der Waals surface area contributed by atoms with Gasteiger partial charge in [0, 0.05) is 41.5 Å². The highest BCUT2D eigenvalue weighted by Crippen LogP contribution is 2.34. The third-order valence-electron chi connectivity index (χ3n) is 7.81. The summed E-state index contributed by atoms with van der Waals surface area (Å²) in [5, 5.41) is 14.7. The van der Waals surface area contributed by atoms with E-state index in [9.17, 15) is 9.18 Å². The molecule has 11 heteroatoms. The van der Waals surface area contributed by atoms with Gasteiger partial charge in [0.1, 0.15) is 11.5 Å². The van der Waals surface area contributed by atoms with E-state index >= 15 is 0 Å². The first kappa shape index (κ1) is 29.8. The summed E-state index contributed by atoms with van der Waals surface area (Å²) >= 11 is 0. The summed E-state index contributed by atoms with van der Waals surface area (Å²) in [5.74, 6) is 0.113. The number of carbonyl (C=O) groups excluding carboxylic acids is 1. The molecule has 4 aromatic heterocycles. The molecule has 0 unspecified atom stereocenters. The largest absolute Gasteiger partial charge is 0.384 e. The van der Waals surface area contributed by atoms with Gasteiger partial charge in [-0.1, -0.05) is 42.5 Å². The summed E-state index contributed by atoms with van der Waals surface area (Å²) in [7, 11) is 4.00. The zero-order valence-electron chi connectivity index (χ0n) is 25.9. The summed E-state index contributed by atoms with van der Waals surface area (Å²) in [6, 6.07) is 24.1. The lowest BCUT2D eigenvalue weighted by atomic mass is 10.0. The van der Waals surface area contributed by atoms with Crippen molar-refractivity contribution in [3.63, 3.8) is 0 Å².